The zero-order valence-electron chi connectivity index (χ0n) is 11.9. The lowest BCUT2D eigenvalue weighted by Gasteiger charge is -2.18. The Hall–Kier alpha value is -1.26. The van der Waals surface area contributed by atoms with Crippen molar-refractivity contribution in [3.05, 3.63) is 52.4 Å². The number of benzene rings is 1. The second-order valence-corrected chi connectivity index (χ2v) is 5.60. The molecule has 0 fully saturated rings. The molecule has 0 aliphatic carbocycles. The van der Waals surface area contributed by atoms with Crippen molar-refractivity contribution >= 4 is 15.9 Å². The predicted molar refractivity (Wildman–Crippen MR) is 84.1 cm³/mol. The lowest BCUT2D eigenvalue weighted by atomic mass is 10.0. The van der Waals surface area contributed by atoms with Crippen molar-refractivity contribution in [2.45, 2.75) is 25.8 Å². The summed E-state index contributed by atoms with van der Waals surface area (Å²) in [4.78, 5) is 0. The molecule has 0 saturated heterocycles. The maximum absolute atomic E-state index is 5.55. The van der Waals surface area contributed by atoms with Crippen molar-refractivity contribution in [3.8, 4) is 5.75 Å². The van der Waals surface area contributed by atoms with Crippen LogP contribution >= 0.6 is 15.9 Å². The first-order chi connectivity index (χ1) is 9.74. The van der Waals surface area contributed by atoms with Gasteiger partial charge in [0.05, 0.1) is 19.4 Å². The molecular formula is C16H20BrNO2. The van der Waals surface area contributed by atoms with E-state index < -0.39 is 0 Å². The van der Waals surface area contributed by atoms with Crippen LogP contribution in [0.5, 0.6) is 5.75 Å². The van der Waals surface area contributed by atoms with Gasteiger partial charge in [0.1, 0.15) is 11.5 Å². The van der Waals surface area contributed by atoms with E-state index >= 15 is 0 Å². The van der Waals surface area contributed by atoms with Crippen LogP contribution < -0.4 is 10.1 Å². The van der Waals surface area contributed by atoms with Gasteiger partial charge in [0.25, 0.3) is 0 Å². The van der Waals surface area contributed by atoms with Crippen molar-refractivity contribution in [3.63, 3.8) is 0 Å². The lowest BCUT2D eigenvalue weighted by molar-refractivity contribution is 0.389. The molecule has 1 unspecified atom stereocenters. The topological polar surface area (TPSA) is 34.4 Å². The van der Waals surface area contributed by atoms with Crippen LogP contribution in [-0.2, 0) is 6.42 Å². The Balaban J connectivity index is 2.21. The smallest absolute Gasteiger partial charge is 0.122 e. The molecule has 0 spiro atoms. The summed E-state index contributed by atoms with van der Waals surface area (Å²) in [5.74, 6) is 1.86. The number of ether oxygens (including phenoxy) is 1. The summed E-state index contributed by atoms with van der Waals surface area (Å²) in [6.45, 7) is 3.12. The first-order valence-corrected chi connectivity index (χ1v) is 7.63. The van der Waals surface area contributed by atoms with Gasteiger partial charge in [-0.3, -0.25) is 0 Å². The van der Waals surface area contributed by atoms with Crippen molar-refractivity contribution in [2.24, 2.45) is 0 Å². The van der Waals surface area contributed by atoms with Gasteiger partial charge in [0.2, 0.25) is 0 Å². The highest BCUT2D eigenvalue weighted by Gasteiger charge is 2.16. The monoisotopic (exact) mass is 337 g/mol. The van der Waals surface area contributed by atoms with Crippen LogP contribution in [0.1, 0.15) is 30.7 Å². The normalized spacial score (nSPS) is 12.3. The van der Waals surface area contributed by atoms with Gasteiger partial charge in [-0.05, 0) is 55.3 Å². The molecular weight excluding hydrogens is 318 g/mol. The molecule has 2 aromatic rings. The summed E-state index contributed by atoms with van der Waals surface area (Å²) in [6, 6.07) is 10.2. The molecule has 1 atom stereocenters. The highest BCUT2D eigenvalue weighted by Crippen LogP contribution is 2.28. The molecule has 1 aromatic heterocycles. The maximum atomic E-state index is 5.55. The van der Waals surface area contributed by atoms with Gasteiger partial charge in [0, 0.05) is 4.47 Å². The van der Waals surface area contributed by atoms with Crippen LogP contribution in [0.2, 0.25) is 0 Å². The number of halogens is 1. The van der Waals surface area contributed by atoms with Crippen molar-refractivity contribution in [1.29, 1.82) is 0 Å². The summed E-state index contributed by atoms with van der Waals surface area (Å²) in [7, 11) is 1.70. The average molecular weight is 338 g/mol. The van der Waals surface area contributed by atoms with Crippen molar-refractivity contribution < 1.29 is 9.15 Å². The summed E-state index contributed by atoms with van der Waals surface area (Å²) in [6.07, 6.45) is 3.64. The molecule has 2 rings (SSSR count). The Bertz CT molecular complexity index is 525. The Morgan fingerprint density at radius 2 is 2.20 bits per heavy atom. The van der Waals surface area contributed by atoms with E-state index in [9.17, 15) is 0 Å². The zero-order valence-corrected chi connectivity index (χ0v) is 13.4. The number of hydrogen-bond donors (Lipinski definition) is 1. The molecule has 1 N–H and O–H groups in total. The van der Waals surface area contributed by atoms with E-state index in [4.69, 9.17) is 9.15 Å². The molecule has 1 heterocycles. The first-order valence-electron chi connectivity index (χ1n) is 6.83. The number of methoxy groups -OCH3 is 1. The van der Waals surface area contributed by atoms with Crippen LogP contribution in [0.15, 0.2) is 45.5 Å². The molecule has 20 heavy (non-hydrogen) atoms. The molecule has 3 nitrogen and oxygen atoms in total. The van der Waals surface area contributed by atoms with E-state index in [1.54, 1.807) is 13.4 Å². The summed E-state index contributed by atoms with van der Waals surface area (Å²) >= 11 is 3.52. The third-order valence-electron chi connectivity index (χ3n) is 3.19. The van der Waals surface area contributed by atoms with Gasteiger partial charge >= 0.3 is 0 Å². The van der Waals surface area contributed by atoms with Crippen LogP contribution in [0.3, 0.4) is 0 Å². The Kier molecular flexibility index (Phi) is 5.68. The van der Waals surface area contributed by atoms with Crippen molar-refractivity contribution in [2.75, 3.05) is 13.7 Å². The maximum Gasteiger partial charge on any atom is 0.122 e. The Labute approximate surface area is 128 Å². The van der Waals surface area contributed by atoms with E-state index in [-0.39, 0.29) is 6.04 Å². The number of nitrogens with one attached hydrogen (secondary N) is 1. The van der Waals surface area contributed by atoms with E-state index in [0.29, 0.717) is 0 Å². The molecule has 0 aliphatic rings. The van der Waals surface area contributed by atoms with Gasteiger partial charge < -0.3 is 14.5 Å². The molecule has 0 amide bonds. The van der Waals surface area contributed by atoms with E-state index in [2.05, 4.69) is 34.2 Å². The van der Waals surface area contributed by atoms with Crippen LogP contribution in [0.25, 0.3) is 0 Å². The van der Waals surface area contributed by atoms with E-state index in [1.807, 2.05) is 24.3 Å². The summed E-state index contributed by atoms with van der Waals surface area (Å²) in [5.41, 5.74) is 1.16. The van der Waals surface area contributed by atoms with Crippen LogP contribution in [0, 0.1) is 0 Å². The third-order valence-corrected chi connectivity index (χ3v) is 3.69. The Morgan fingerprint density at radius 1 is 1.35 bits per heavy atom. The fourth-order valence-electron chi connectivity index (χ4n) is 2.21. The van der Waals surface area contributed by atoms with Crippen molar-refractivity contribution in [1.82, 2.24) is 5.32 Å². The predicted octanol–water partition coefficient (Wildman–Crippen LogP) is 4.33. The third kappa shape index (κ3) is 3.87. The zero-order chi connectivity index (χ0) is 14.4. The number of hydrogen-bond acceptors (Lipinski definition) is 3. The van der Waals surface area contributed by atoms with E-state index in [0.717, 1.165) is 40.9 Å². The number of furan rings is 1. The molecule has 0 radical (unpaired) electrons. The highest BCUT2D eigenvalue weighted by molar-refractivity contribution is 9.10. The molecule has 1 aromatic carbocycles. The highest BCUT2D eigenvalue weighted by atomic mass is 79.9. The minimum Gasteiger partial charge on any atom is -0.496 e. The summed E-state index contributed by atoms with van der Waals surface area (Å²) in [5, 5.41) is 3.53. The lowest BCUT2D eigenvalue weighted by Crippen LogP contribution is -2.23. The molecule has 0 saturated carbocycles. The molecule has 108 valence electrons. The minimum atomic E-state index is 0.160. The van der Waals surface area contributed by atoms with Gasteiger partial charge in [-0.1, -0.05) is 22.9 Å². The summed E-state index contributed by atoms with van der Waals surface area (Å²) < 4.78 is 12.1. The van der Waals surface area contributed by atoms with Gasteiger partial charge in [-0.25, -0.2) is 0 Å². The quantitative estimate of drug-likeness (QED) is 0.816. The van der Waals surface area contributed by atoms with Crippen LogP contribution in [-0.4, -0.2) is 13.7 Å². The average Bonchev–Trinajstić information content (AvgIpc) is 2.97. The fraction of sp³-hybridized carbons (Fsp3) is 0.375. The fourth-order valence-corrected chi connectivity index (χ4v) is 2.62. The second kappa shape index (κ2) is 7.50. The Morgan fingerprint density at radius 3 is 2.85 bits per heavy atom. The molecule has 4 heteroatoms. The van der Waals surface area contributed by atoms with E-state index in [1.165, 1.54) is 0 Å². The van der Waals surface area contributed by atoms with Crippen LogP contribution in [0.4, 0.5) is 0 Å². The minimum absolute atomic E-state index is 0.160. The number of rotatable bonds is 7. The van der Waals surface area contributed by atoms with Gasteiger partial charge in [0.15, 0.2) is 0 Å². The standard InChI is InChI=1S/C16H20BrNO2/c1-3-8-18-14(16-5-4-9-20-16)11-12-10-13(17)6-7-15(12)19-2/h4-7,9-10,14,18H,3,8,11H2,1-2H3. The SMILES string of the molecule is CCCNC(Cc1cc(Br)ccc1OC)c1ccco1. The molecule has 0 bridgehead atoms. The second-order valence-electron chi connectivity index (χ2n) is 4.68. The van der Waals surface area contributed by atoms with Gasteiger partial charge in [-0.15, -0.1) is 0 Å². The first kappa shape index (κ1) is 15.1. The van der Waals surface area contributed by atoms with Gasteiger partial charge in [-0.2, -0.15) is 0 Å². The largest absolute Gasteiger partial charge is 0.496 e. The molecule has 0 aliphatic heterocycles.